The van der Waals surface area contributed by atoms with Gasteiger partial charge in [-0.3, -0.25) is 4.72 Å². The SMILES string of the molecule is Cc1ccc(S(=O)(=O)Nc2ccc3sccc3c2)c(Br)c1. The lowest BCUT2D eigenvalue weighted by Gasteiger charge is -2.10. The lowest BCUT2D eigenvalue weighted by molar-refractivity contribution is 0.601. The van der Waals surface area contributed by atoms with Gasteiger partial charge in [0.15, 0.2) is 0 Å². The molecule has 0 unspecified atom stereocenters. The number of hydrogen-bond acceptors (Lipinski definition) is 3. The predicted octanol–water partition coefficient (Wildman–Crippen LogP) is 4.77. The highest BCUT2D eigenvalue weighted by Crippen LogP contribution is 2.28. The van der Waals surface area contributed by atoms with E-state index in [4.69, 9.17) is 0 Å². The number of sulfonamides is 1. The summed E-state index contributed by atoms with van der Waals surface area (Å²) in [5.74, 6) is 0. The van der Waals surface area contributed by atoms with Gasteiger partial charge in [-0.05, 0) is 75.6 Å². The molecule has 6 heteroatoms. The van der Waals surface area contributed by atoms with Crippen molar-refractivity contribution in [3.05, 3.63) is 57.9 Å². The molecule has 0 aliphatic carbocycles. The minimum absolute atomic E-state index is 0.235. The second kappa shape index (κ2) is 5.44. The minimum atomic E-state index is -3.61. The van der Waals surface area contributed by atoms with Crippen LogP contribution >= 0.6 is 27.3 Å². The summed E-state index contributed by atoms with van der Waals surface area (Å²) in [6.45, 7) is 1.92. The third-order valence-electron chi connectivity index (χ3n) is 3.08. The van der Waals surface area contributed by atoms with Crippen LogP contribution < -0.4 is 4.72 Å². The summed E-state index contributed by atoms with van der Waals surface area (Å²) in [4.78, 5) is 0.235. The van der Waals surface area contributed by atoms with Crippen LogP contribution in [0.5, 0.6) is 0 Å². The Hall–Kier alpha value is -1.37. The van der Waals surface area contributed by atoms with E-state index in [0.717, 1.165) is 15.6 Å². The van der Waals surface area contributed by atoms with Crippen molar-refractivity contribution < 1.29 is 8.42 Å². The molecule has 1 heterocycles. The molecule has 0 aliphatic heterocycles. The van der Waals surface area contributed by atoms with E-state index in [-0.39, 0.29) is 4.90 Å². The van der Waals surface area contributed by atoms with Crippen molar-refractivity contribution in [2.24, 2.45) is 0 Å². The molecule has 0 fully saturated rings. The number of fused-ring (bicyclic) bond motifs is 1. The van der Waals surface area contributed by atoms with E-state index in [1.54, 1.807) is 35.6 Å². The van der Waals surface area contributed by atoms with Crippen LogP contribution in [0.1, 0.15) is 5.56 Å². The molecule has 1 N–H and O–H groups in total. The molecule has 21 heavy (non-hydrogen) atoms. The van der Waals surface area contributed by atoms with Gasteiger partial charge in [-0.1, -0.05) is 6.07 Å². The highest BCUT2D eigenvalue weighted by atomic mass is 79.9. The molecule has 0 saturated carbocycles. The second-order valence-electron chi connectivity index (χ2n) is 4.71. The summed E-state index contributed by atoms with van der Waals surface area (Å²) in [7, 11) is -3.61. The molecule has 0 amide bonds. The summed E-state index contributed by atoms with van der Waals surface area (Å²) in [6.07, 6.45) is 0. The number of rotatable bonds is 3. The van der Waals surface area contributed by atoms with E-state index in [2.05, 4.69) is 20.7 Å². The van der Waals surface area contributed by atoms with Crippen molar-refractivity contribution in [2.75, 3.05) is 4.72 Å². The monoisotopic (exact) mass is 381 g/mol. The molecule has 0 atom stereocenters. The molecule has 1 aromatic heterocycles. The summed E-state index contributed by atoms with van der Waals surface area (Å²) in [6, 6.07) is 12.7. The number of nitrogens with one attached hydrogen (secondary N) is 1. The Balaban J connectivity index is 1.98. The number of halogens is 1. The van der Waals surface area contributed by atoms with Crippen molar-refractivity contribution in [2.45, 2.75) is 11.8 Å². The van der Waals surface area contributed by atoms with Crippen molar-refractivity contribution in [1.29, 1.82) is 0 Å². The molecule has 2 aromatic carbocycles. The molecular weight excluding hydrogens is 370 g/mol. The van der Waals surface area contributed by atoms with Gasteiger partial charge in [-0.25, -0.2) is 8.42 Å². The van der Waals surface area contributed by atoms with Crippen molar-refractivity contribution in [3.63, 3.8) is 0 Å². The summed E-state index contributed by atoms with van der Waals surface area (Å²) in [5.41, 5.74) is 1.56. The number of hydrogen-bond donors (Lipinski definition) is 1. The van der Waals surface area contributed by atoms with E-state index in [1.165, 1.54) is 0 Å². The van der Waals surface area contributed by atoms with Crippen LogP contribution in [0, 0.1) is 6.92 Å². The van der Waals surface area contributed by atoms with E-state index >= 15 is 0 Å². The Morgan fingerprint density at radius 3 is 2.67 bits per heavy atom. The highest BCUT2D eigenvalue weighted by Gasteiger charge is 2.17. The minimum Gasteiger partial charge on any atom is -0.280 e. The van der Waals surface area contributed by atoms with Gasteiger partial charge in [0, 0.05) is 14.9 Å². The maximum atomic E-state index is 12.5. The fraction of sp³-hybridized carbons (Fsp3) is 0.0667. The second-order valence-corrected chi connectivity index (χ2v) is 8.17. The molecule has 0 spiro atoms. The molecule has 0 saturated heterocycles. The first-order chi connectivity index (χ1) is 9.95. The van der Waals surface area contributed by atoms with Gasteiger partial charge >= 0.3 is 0 Å². The third-order valence-corrected chi connectivity index (χ3v) is 6.34. The Morgan fingerprint density at radius 2 is 1.90 bits per heavy atom. The fourth-order valence-corrected chi connectivity index (χ4v) is 5.08. The first kappa shape index (κ1) is 14.6. The van der Waals surface area contributed by atoms with Crippen LogP contribution in [0.25, 0.3) is 10.1 Å². The summed E-state index contributed by atoms with van der Waals surface area (Å²) >= 11 is 4.94. The van der Waals surface area contributed by atoms with Crippen molar-refractivity contribution in [1.82, 2.24) is 0 Å². The number of aryl methyl sites for hydroxylation is 1. The van der Waals surface area contributed by atoms with Crippen molar-refractivity contribution >= 4 is 53.1 Å². The lowest BCUT2D eigenvalue weighted by Crippen LogP contribution is -2.13. The topological polar surface area (TPSA) is 46.2 Å². The molecule has 0 bridgehead atoms. The van der Waals surface area contributed by atoms with E-state index < -0.39 is 10.0 Å². The zero-order chi connectivity index (χ0) is 15.0. The quantitative estimate of drug-likeness (QED) is 0.709. The molecule has 3 aromatic rings. The molecule has 0 radical (unpaired) electrons. The molecule has 3 nitrogen and oxygen atoms in total. The van der Waals surface area contributed by atoms with Crippen LogP contribution in [0.15, 0.2) is 57.2 Å². The molecular formula is C15H12BrNO2S2. The Kier molecular flexibility index (Phi) is 3.77. The average molecular weight is 382 g/mol. The van der Waals surface area contributed by atoms with Gasteiger partial charge in [-0.2, -0.15) is 0 Å². The molecule has 0 aliphatic rings. The zero-order valence-electron chi connectivity index (χ0n) is 11.1. The fourth-order valence-electron chi connectivity index (χ4n) is 2.06. The van der Waals surface area contributed by atoms with Crippen LogP contribution in [-0.4, -0.2) is 8.42 Å². The molecule has 108 valence electrons. The number of thiophene rings is 1. The number of anilines is 1. The molecule has 3 rings (SSSR count). The largest absolute Gasteiger partial charge is 0.280 e. The Labute approximate surface area is 135 Å². The van der Waals surface area contributed by atoms with Crippen molar-refractivity contribution in [3.8, 4) is 0 Å². The first-order valence-corrected chi connectivity index (χ1v) is 9.37. The predicted molar refractivity (Wildman–Crippen MR) is 91.5 cm³/mol. The van der Waals surface area contributed by atoms with E-state index in [0.29, 0.717) is 10.2 Å². The number of benzene rings is 2. The maximum absolute atomic E-state index is 12.5. The Bertz CT molecular complexity index is 916. The van der Waals surface area contributed by atoms with Crippen LogP contribution in [0.4, 0.5) is 5.69 Å². The summed E-state index contributed by atoms with van der Waals surface area (Å²) in [5, 5.41) is 3.02. The van der Waals surface area contributed by atoms with Gasteiger partial charge in [0.2, 0.25) is 0 Å². The zero-order valence-corrected chi connectivity index (χ0v) is 14.3. The van der Waals surface area contributed by atoms with Gasteiger partial charge in [0.1, 0.15) is 4.90 Å². The normalized spacial score (nSPS) is 11.7. The maximum Gasteiger partial charge on any atom is 0.263 e. The smallest absolute Gasteiger partial charge is 0.263 e. The van der Waals surface area contributed by atoms with Gasteiger partial charge in [0.05, 0.1) is 0 Å². The highest BCUT2D eigenvalue weighted by molar-refractivity contribution is 9.10. The van der Waals surface area contributed by atoms with Crippen LogP contribution in [-0.2, 0) is 10.0 Å². The standard InChI is InChI=1S/C15H12BrNO2S2/c1-10-2-5-15(13(16)8-10)21(18,19)17-12-3-4-14-11(9-12)6-7-20-14/h2-9,17H,1H3. The van der Waals surface area contributed by atoms with E-state index in [9.17, 15) is 8.42 Å². The van der Waals surface area contributed by atoms with Gasteiger partial charge < -0.3 is 0 Å². The van der Waals surface area contributed by atoms with Crippen LogP contribution in [0.3, 0.4) is 0 Å². The first-order valence-electron chi connectivity index (χ1n) is 6.22. The van der Waals surface area contributed by atoms with Gasteiger partial charge in [-0.15, -0.1) is 11.3 Å². The van der Waals surface area contributed by atoms with Gasteiger partial charge in [0.25, 0.3) is 10.0 Å². The van der Waals surface area contributed by atoms with Crippen LogP contribution in [0.2, 0.25) is 0 Å². The average Bonchev–Trinajstić information content (AvgIpc) is 2.85. The summed E-state index contributed by atoms with van der Waals surface area (Å²) < 4.78 is 29.3. The lowest BCUT2D eigenvalue weighted by atomic mass is 10.2. The van der Waals surface area contributed by atoms with E-state index in [1.807, 2.05) is 30.5 Å². The third kappa shape index (κ3) is 2.97. The Morgan fingerprint density at radius 1 is 1.10 bits per heavy atom.